The summed E-state index contributed by atoms with van der Waals surface area (Å²) < 4.78 is 28.1. The Hall–Kier alpha value is -2.09. The zero-order chi connectivity index (χ0) is 14.6. The van der Waals surface area contributed by atoms with Crippen LogP contribution in [0.25, 0.3) is 0 Å². The number of anilines is 2. The molecule has 0 bridgehead atoms. The van der Waals surface area contributed by atoms with Crippen LogP contribution in [0.4, 0.5) is 11.6 Å². The van der Waals surface area contributed by atoms with Crippen molar-refractivity contribution < 1.29 is 8.42 Å². The summed E-state index contributed by atoms with van der Waals surface area (Å²) in [6.45, 7) is 2.92. The highest BCUT2D eigenvalue weighted by molar-refractivity contribution is 7.92. The molecule has 0 fully saturated rings. The van der Waals surface area contributed by atoms with Crippen LogP contribution in [0.15, 0.2) is 35.5 Å². The van der Waals surface area contributed by atoms with Crippen molar-refractivity contribution in [1.29, 1.82) is 0 Å². The van der Waals surface area contributed by atoms with E-state index in [1.54, 1.807) is 31.3 Å². The van der Waals surface area contributed by atoms with Gasteiger partial charge in [0.05, 0.1) is 4.90 Å². The number of aryl methyl sites for hydroxylation is 1. The summed E-state index contributed by atoms with van der Waals surface area (Å²) in [5.74, 6) is 0.179. The normalized spacial score (nSPS) is 11.3. The minimum absolute atomic E-state index is 0.179. The van der Waals surface area contributed by atoms with Gasteiger partial charge in [-0.05, 0) is 30.7 Å². The van der Waals surface area contributed by atoms with Crippen molar-refractivity contribution in [3.63, 3.8) is 0 Å². The predicted molar refractivity (Wildman–Crippen MR) is 77.0 cm³/mol. The largest absolute Gasteiger partial charge is 0.385 e. The molecule has 2 rings (SSSR count). The highest BCUT2D eigenvalue weighted by Gasteiger charge is 2.16. The van der Waals surface area contributed by atoms with Crippen LogP contribution in [0.2, 0.25) is 0 Å². The van der Waals surface area contributed by atoms with E-state index in [4.69, 9.17) is 0 Å². The van der Waals surface area contributed by atoms with Crippen LogP contribution in [-0.2, 0) is 17.1 Å². The molecular weight excluding hydrogens is 278 g/mol. The number of rotatable bonds is 6. The summed E-state index contributed by atoms with van der Waals surface area (Å²) in [6, 6.07) is 6.58. The molecule has 2 aromatic rings. The van der Waals surface area contributed by atoms with Crippen LogP contribution in [-0.4, -0.2) is 29.7 Å². The van der Waals surface area contributed by atoms with E-state index < -0.39 is 10.0 Å². The van der Waals surface area contributed by atoms with Gasteiger partial charge in [-0.1, -0.05) is 6.92 Å². The van der Waals surface area contributed by atoms with Crippen molar-refractivity contribution in [1.82, 2.24) is 14.8 Å². The molecule has 8 heteroatoms. The Labute approximate surface area is 118 Å². The van der Waals surface area contributed by atoms with Gasteiger partial charge in [0.1, 0.15) is 6.33 Å². The first-order valence-corrected chi connectivity index (χ1v) is 7.72. The first kappa shape index (κ1) is 14.3. The lowest BCUT2D eigenvalue weighted by Gasteiger charge is -2.08. The summed E-state index contributed by atoms with van der Waals surface area (Å²) in [5, 5.41) is 7.00. The van der Waals surface area contributed by atoms with Crippen molar-refractivity contribution in [2.24, 2.45) is 7.05 Å². The molecule has 0 saturated carbocycles. The molecule has 0 aliphatic rings. The Bertz CT molecular complexity index is 663. The van der Waals surface area contributed by atoms with Crippen molar-refractivity contribution in [3.05, 3.63) is 30.6 Å². The molecule has 0 atom stereocenters. The first-order chi connectivity index (χ1) is 9.53. The van der Waals surface area contributed by atoms with Crippen LogP contribution < -0.4 is 10.0 Å². The van der Waals surface area contributed by atoms with E-state index >= 15 is 0 Å². The second-order valence-corrected chi connectivity index (χ2v) is 5.95. The molecule has 0 amide bonds. The highest BCUT2D eigenvalue weighted by atomic mass is 32.2. The molecule has 0 aliphatic heterocycles. The number of hydrogen-bond donors (Lipinski definition) is 2. The average molecular weight is 295 g/mol. The topological polar surface area (TPSA) is 88.9 Å². The third-order valence-electron chi connectivity index (χ3n) is 2.68. The van der Waals surface area contributed by atoms with Crippen LogP contribution in [0.5, 0.6) is 0 Å². The van der Waals surface area contributed by atoms with E-state index in [-0.39, 0.29) is 10.8 Å². The summed E-state index contributed by atoms with van der Waals surface area (Å²) in [6.07, 6.45) is 2.30. The van der Waals surface area contributed by atoms with Crippen LogP contribution in [0, 0.1) is 0 Å². The van der Waals surface area contributed by atoms with Crippen molar-refractivity contribution in [2.75, 3.05) is 16.6 Å². The molecule has 0 aliphatic carbocycles. The fraction of sp³-hybridized carbons (Fsp3) is 0.333. The van der Waals surface area contributed by atoms with Crippen LogP contribution in [0.1, 0.15) is 13.3 Å². The molecule has 2 N–H and O–H groups in total. The molecule has 0 saturated heterocycles. The number of sulfonamides is 1. The lowest BCUT2D eigenvalue weighted by Crippen LogP contribution is -2.16. The monoisotopic (exact) mass is 295 g/mol. The van der Waals surface area contributed by atoms with Crippen molar-refractivity contribution in [3.8, 4) is 0 Å². The second kappa shape index (κ2) is 5.91. The quantitative estimate of drug-likeness (QED) is 0.841. The van der Waals surface area contributed by atoms with Crippen LogP contribution >= 0.6 is 0 Å². The van der Waals surface area contributed by atoms with Crippen molar-refractivity contribution in [2.45, 2.75) is 18.2 Å². The molecule has 1 aromatic heterocycles. The average Bonchev–Trinajstić information content (AvgIpc) is 2.82. The minimum Gasteiger partial charge on any atom is -0.385 e. The zero-order valence-corrected chi connectivity index (χ0v) is 12.2. The van der Waals surface area contributed by atoms with Gasteiger partial charge in [-0.3, -0.25) is 0 Å². The van der Waals surface area contributed by atoms with Gasteiger partial charge < -0.3 is 5.32 Å². The molecule has 20 heavy (non-hydrogen) atoms. The molecule has 108 valence electrons. The standard InChI is InChI=1S/C12H17N5O2S/c1-3-8-13-10-4-6-11(7-5-10)20(18,19)16-12-14-9-15-17(12)2/h4-7,9,13H,3,8H2,1-2H3,(H,14,15,16). The molecule has 1 aromatic carbocycles. The smallest absolute Gasteiger partial charge is 0.264 e. The van der Waals surface area contributed by atoms with Crippen LogP contribution in [0.3, 0.4) is 0 Å². The van der Waals surface area contributed by atoms with Gasteiger partial charge in [0.15, 0.2) is 0 Å². The lowest BCUT2D eigenvalue weighted by molar-refractivity contribution is 0.600. The molecule has 0 radical (unpaired) electrons. The van der Waals surface area contributed by atoms with Gasteiger partial charge in [-0.15, -0.1) is 0 Å². The number of nitrogens with zero attached hydrogens (tertiary/aromatic N) is 3. The third kappa shape index (κ3) is 3.27. The van der Waals surface area contributed by atoms with Gasteiger partial charge in [0.25, 0.3) is 10.0 Å². The highest BCUT2D eigenvalue weighted by Crippen LogP contribution is 2.16. The Morgan fingerprint density at radius 1 is 1.25 bits per heavy atom. The zero-order valence-electron chi connectivity index (χ0n) is 11.4. The Morgan fingerprint density at radius 2 is 1.95 bits per heavy atom. The first-order valence-electron chi connectivity index (χ1n) is 6.23. The number of benzene rings is 1. The predicted octanol–water partition coefficient (Wildman–Crippen LogP) is 1.44. The summed E-state index contributed by atoms with van der Waals surface area (Å²) in [5.41, 5.74) is 0.893. The van der Waals surface area contributed by atoms with E-state index in [1.807, 2.05) is 0 Å². The fourth-order valence-electron chi connectivity index (χ4n) is 1.59. The summed E-state index contributed by atoms with van der Waals surface area (Å²) in [7, 11) is -2.03. The lowest BCUT2D eigenvalue weighted by atomic mass is 10.3. The van der Waals surface area contributed by atoms with E-state index in [1.165, 1.54) is 11.0 Å². The number of hydrogen-bond acceptors (Lipinski definition) is 5. The van der Waals surface area contributed by atoms with Gasteiger partial charge in [0.2, 0.25) is 5.95 Å². The summed E-state index contributed by atoms with van der Waals surface area (Å²) in [4.78, 5) is 4.02. The minimum atomic E-state index is -3.64. The van der Waals surface area contributed by atoms with E-state index in [0.29, 0.717) is 0 Å². The Morgan fingerprint density at radius 3 is 2.50 bits per heavy atom. The molecule has 7 nitrogen and oxygen atoms in total. The number of aromatic nitrogens is 3. The van der Waals surface area contributed by atoms with E-state index in [2.05, 4.69) is 27.0 Å². The maximum absolute atomic E-state index is 12.2. The van der Waals surface area contributed by atoms with Crippen molar-refractivity contribution >= 4 is 21.7 Å². The maximum Gasteiger partial charge on any atom is 0.264 e. The van der Waals surface area contributed by atoms with Gasteiger partial charge in [-0.2, -0.15) is 10.1 Å². The molecule has 1 heterocycles. The third-order valence-corrected chi connectivity index (χ3v) is 4.02. The van der Waals surface area contributed by atoms with Gasteiger partial charge in [-0.25, -0.2) is 17.8 Å². The second-order valence-electron chi connectivity index (χ2n) is 4.26. The molecular formula is C12H17N5O2S. The molecule has 0 spiro atoms. The van der Waals surface area contributed by atoms with Gasteiger partial charge >= 0.3 is 0 Å². The SMILES string of the molecule is CCCNc1ccc(S(=O)(=O)Nc2ncnn2C)cc1. The fourth-order valence-corrected chi connectivity index (χ4v) is 2.63. The van der Waals surface area contributed by atoms with Gasteiger partial charge in [0, 0.05) is 19.3 Å². The van der Waals surface area contributed by atoms with E-state index in [9.17, 15) is 8.42 Å². The Kier molecular flexibility index (Phi) is 4.23. The summed E-state index contributed by atoms with van der Waals surface area (Å²) >= 11 is 0. The molecule has 0 unspecified atom stereocenters. The Balaban J connectivity index is 2.15. The number of nitrogens with one attached hydrogen (secondary N) is 2. The van der Waals surface area contributed by atoms with E-state index in [0.717, 1.165) is 18.7 Å². The maximum atomic E-state index is 12.2.